The van der Waals surface area contributed by atoms with Crippen LogP contribution in [0.2, 0.25) is 0 Å². The lowest BCUT2D eigenvalue weighted by atomic mass is 10.1. The second kappa shape index (κ2) is 6.51. The van der Waals surface area contributed by atoms with Crippen LogP contribution in [-0.2, 0) is 0 Å². The number of anilines is 1. The van der Waals surface area contributed by atoms with Crippen molar-refractivity contribution in [3.63, 3.8) is 0 Å². The van der Waals surface area contributed by atoms with E-state index in [0.717, 1.165) is 17.9 Å². The normalized spacial score (nSPS) is 11.9. The van der Waals surface area contributed by atoms with Crippen molar-refractivity contribution in [1.82, 2.24) is 0 Å². The second-order valence-electron chi connectivity index (χ2n) is 4.01. The van der Waals surface area contributed by atoms with Gasteiger partial charge in [0.1, 0.15) is 11.9 Å². The highest BCUT2D eigenvalue weighted by molar-refractivity contribution is 7.98. The smallest absolute Gasteiger partial charge is 0.124 e. The summed E-state index contributed by atoms with van der Waals surface area (Å²) in [6.07, 6.45) is 3.12. The molecule has 2 nitrogen and oxygen atoms in total. The third kappa shape index (κ3) is 3.64. The van der Waals surface area contributed by atoms with Crippen molar-refractivity contribution in [2.24, 2.45) is 0 Å². The summed E-state index contributed by atoms with van der Waals surface area (Å²) in [5.41, 5.74) is 1.19. The fraction of sp³-hybridized carbons (Fsp3) is 0.462. The molecular formula is C13H17FN2S. The van der Waals surface area contributed by atoms with Gasteiger partial charge in [0, 0.05) is 13.1 Å². The summed E-state index contributed by atoms with van der Waals surface area (Å²) < 4.78 is 13.0. The predicted octanol–water partition coefficient (Wildman–Crippen LogP) is 3.28. The molecule has 0 amide bonds. The standard InChI is InChI=1S/C13H17FN2S/c1-10(6-7-17-3)16(2)13-5-4-12(14)8-11(13)9-15/h4-5,8,10H,6-7H2,1-3H3. The van der Waals surface area contributed by atoms with Gasteiger partial charge in [0.2, 0.25) is 0 Å². The SMILES string of the molecule is CSCCC(C)N(C)c1ccc(F)cc1C#N. The lowest BCUT2D eigenvalue weighted by Gasteiger charge is -2.27. The minimum absolute atomic E-state index is 0.333. The molecule has 0 aromatic heterocycles. The van der Waals surface area contributed by atoms with E-state index in [1.54, 1.807) is 17.8 Å². The molecule has 17 heavy (non-hydrogen) atoms. The number of rotatable bonds is 5. The molecule has 1 aromatic rings. The van der Waals surface area contributed by atoms with E-state index < -0.39 is 0 Å². The van der Waals surface area contributed by atoms with Crippen molar-refractivity contribution in [3.8, 4) is 6.07 Å². The Hall–Kier alpha value is -1.21. The molecule has 0 heterocycles. The van der Waals surface area contributed by atoms with Crippen molar-refractivity contribution in [2.75, 3.05) is 24.0 Å². The molecule has 0 spiro atoms. The van der Waals surface area contributed by atoms with Gasteiger partial charge >= 0.3 is 0 Å². The summed E-state index contributed by atoms with van der Waals surface area (Å²) >= 11 is 1.80. The van der Waals surface area contributed by atoms with Crippen molar-refractivity contribution < 1.29 is 4.39 Å². The van der Waals surface area contributed by atoms with Crippen molar-refractivity contribution in [1.29, 1.82) is 5.26 Å². The number of hydrogen-bond donors (Lipinski definition) is 0. The Kier molecular flexibility index (Phi) is 5.30. The summed E-state index contributed by atoms with van der Waals surface area (Å²) in [4.78, 5) is 2.04. The van der Waals surface area contributed by atoms with Crippen molar-refractivity contribution in [2.45, 2.75) is 19.4 Å². The molecule has 92 valence electrons. The van der Waals surface area contributed by atoms with E-state index in [0.29, 0.717) is 11.6 Å². The first-order valence-electron chi connectivity index (χ1n) is 5.51. The molecule has 0 aliphatic rings. The van der Waals surface area contributed by atoms with Gasteiger partial charge in [-0.2, -0.15) is 17.0 Å². The van der Waals surface area contributed by atoms with Gasteiger partial charge in [-0.25, -0.2) is 4.39 Å². The van der Waals surface area contributed by atoms with Crippen LogP contribution >= 0.6 is 11.8 Å². The van der Waals surface area contributed by atoms with E-state index >= 15 is 0 Å². The van der Waals surface area contributed by atoms with E-state index in [2.05, 4.69) is 13.2 Å². The molecule has 0 radical (unpaired) electrons. The highest BCUT2D eigenvalue weighted by atomic mass is 32.2. The van der Waals surface area contributed by atoms with Crippen LogP contribution in [0.15, 0.2) is 18.2 Å². The first-order chi connectivity index (χ1) is 8.10. The van der Waals surface area contributed by atoms with Gasteiger partial charge < -0.3 is 4.90 Å². The summed E-state index contributed by atoms with van der Waals surface area (Å²) in [6.45, 7) is 2.11. The maximum Gasteiger partial charge on any atom is 0.124 e. The lowest BCUT2D eigenvalue weighted by Crippen LogP contribution is -2.30. The van der Waals surface area contributed by atoms with Gasteiger partial charge in [0.05, 0.1) is 11.3 Å². The molecule has 4 heteroatoms. The highest BCUT2D eigenvalue weighted by Gasteiger charge is 2.13. The Bertz CT molecular complexity index is 414. The third-order valence-corrected chi connectivity index (χ3v) is 3.50. The Morgan fingerprint density at radius 2 is 2.24 bits per heavy atom. The van der Waals surface area contributed by atoms with Gasteiger partial charge in [-0.05, 0) is 43.6 Å². The number of benzene rings is 1. The van der Waals surface area contributed by atoms with Gasteiger partial charge in [-0.1, -0.05) is 0 Å². The predicted molar refractivity (Wildman–Crippen MR) is 72.0 cm³/mol. The Morgan fingerprint density at radius 3 is 2.82 bits per heavy atom. The number of nitrogens with zero attached hydrogens (tertiary/aromatic N) is 2. The Morgan fingerprint density at radius 1 is 1.53 bits per heavy atom. The van der Waals surface area contributed by atoms with Crippen LogP contribution in [0.3, 0.4) is 0 Å². The van der Waals surface area contributed by atoms with Gasteiger partial charge in [0.15, 0.2) is 0 Å². The van der Waals surface area contributed by atoms with Gasteiger partial charge in [-0.15, -0.1) is 0 Å². The maximum absolute atomic E-state index is 13.0. The first-order valence-corrected chi connectivity index (χ1v) is 6.91. The number of nitriles is 1. The molecule has 1 atom stereocenters. The van der Waals surface area contributed by atoms with Crippen LogP contribution in [-0.4, -0.2) is 25.1 Å². The van der Waals surface area contributed by atoms with Crippen LogP contribution in [0.5, 0.6) is 0 Å². The third-order valence-electron chi connectivity index (χ3n) is 2.86. The lowest BCUT2D eigenvalue weighted by molar-refractivity contribution is 0.625. The van der Waals surface area contributed by atoms with E-state index in [1.165, 1.54) is 12.1 Å². The minimum atomic E-state index is -0.365. The molecule has 0 aliphatic carbocycles. The Labute approximate surface area is 106 Å². The highest BCUT2D eigenvalue weighted by Crippen LogP contribution is 2.23. The molecule has 0 fully saturated rings. The molecule has 0 N–H and O–H groups in total. The average Bonchev–Trinajstić information content (AvgIpc) is 2.34. The van der Waals surface area contributed by atoms with E-state index in [-0.39, 0.29) is 5.82 Å². The fourth-order valence-electron chi connectivity index (χ4n) is 1.62. The fourth-order valence-corrected chi connectivity index (χ4v) is 2.20. The van der Waals surface area contributed by atoms with E-state index in [4.69, 9.17) is 5.26 Å². The molecule has 0 aliphatic heterocycles. The topological polar surface area (TPSA) is 27.0 Å². The van der Waals surface area contributed by atoms with Gasteiger partial charge in [-0.3, -0.25) is 0 Å². The molecule has 1 unspecified atom stereocenters. The zero-order chi connectivity index (χ0) is 12.8. The quantitative estimate of drug-likeness (QED) is 0.804. The van der Waals surface area contributed by atoms with Crippen LogP contribution in [0.4, 0.5) is 10.1 Å². The van der Waals surface area contributed by atoms with E-state index in [1.807, 2.05) is 18.0 Å². The van der Waals surface area contributed by atoms with Crippen LogP contribution < -0.4 is 4.90 Å². The monoisotopic (exact) mass is 252 g/mol. The van der Waals surface area contributed by atoms with Crippen LogP contribution in [0, 0.1) is 17.1 Å². The maximum atomic E-state index is 13.0. The number of hydrogen-bond acceptors (Lipinski definition) is 3. The largest absolute Gasteiger partial charge is 0.371 e. The second-order valence-corrected chi connectivity index (χ2v) is 5.00. The molecule has 1 aromatic carbocycles. The number of halogens is 1. The molecular weight excluding hydrogens is 235 g/mol. The minimum Gasteiger partial charge on any atom is -0.371 e. The van der Waals surface area contributed by atoms with Crippen molar-refractivity contribution >= 4 is 17.4 Å². The van der Waals surface area contributed by atoms with Crippen LogP contribution in [0.25, 0.3) is 0 Å². The summed E-state index contributed by atoms with van der Waals surface area (Å²) in [5, 5.41) is 9.00. The summed E-state index contributed by atoms with van der Waals surface area (Å²) in [5.74, 6) is 0.713. The summed E-state index contributed by atoms with van der Waals surface area (Å²) in [7, 11) is 1.94. The molecule has 0 saturated heterocycles. The molecule has 0 saturated carbocycles. The molecule has 1 rings (SSSR count). The molecule has 0 bridgehead atoms. The zero-order valence-electron chi connectivity index (χ0n) is 10.4. The summed E-state index contributed by atoms with van der Waals surface area (Å²) in [6, 6.07) is 6.73. The average molecular weight is 252 g/mol. The zero-order valence-corrected chi connectivity index (χ0v) is 11.2. The van der Waals surface area contributed by atoms with Crippen molar-refractivity contribution in [3.05, 3.63) is 29.6 Å². The van der Waals surface area contributed by atoms with Gasteiger partial charge in [0.25, 0.3) is 0 Å². The van der Waals surface area contributed by atoms with E-state index in [9.17, 15) is 4.39 Å². The first kappa shape index (κ1) is 13.9. The number of thioether (sulfide) groups is 1. The Balaban J connectivity index is 2.88. The van der Waals surface area contributed by atoms with Crippen LogP contribution in [0.1, 0.15) is 18.9 Å².